The lowest BCUT2D eigenvalue weighted by atomic mass is 9.53. The third-order valence-corrected chi connectivity index (χ3v) is 7.41. The van der Waals surface area contributed by atoms with E-state index in [2.05, 4.69) is 15.7 Å². The molecule has 2 N–H and O–H groups in total. The van der Waals surface area contributed by atoms with Gasteiger partial charge in [0.25, 0.3) is 17.7 Å². The van der Waals surface area contributed by atoms with Gasteiger partial charge in [-0.15, -0.1) is 0 Å². The fraction of sp³-hybridized carbons (Fsp3) is 0.194. The SMILES string of the molecule is [B][C@@]1(c2ccc(F)cc2)c2c(C(=O)NCC#N)nn(-c3ccccc3)c2N(CC)C(=O)[C@H]1NC(=O)c1cccc(C(F)(F)F)c1. The number of hydrogen-bond donors (Lipinski definition) is 2. The fourth-order valence-electron chi connectivity index (χ4n) is 5.32. The van der Waals surface area contributed by atoms with Crippen molar-refractivity contribution < 1.29 is 31.9 Å². The molecule has 14 heteroatoms. The van der Waals surface area contributed by atoms with E-state index in [9.17, 15) is 31.9 Å². The van der Waals surface area contributed by atoms with Crippen LogP contribution in [0.5, 0.6) is 0 Å². The molecule has 2 heterocycles. The molecule has 0 saturated heterocycles. The van der Waals surface area contributed by atoms with Crippen LogP contribution in [0.3, 0.4) is 0 Å². The van der Waals surface area contributed by atoms with Gasteiger partial charge in [-0.25, -0.2) is 9.07 Å². The molecule has 2 radical (unpaired) electrons. The number of hydrogen-bond acceptors (Lipinski definition) is 5. The van der Waals surface area contributed by atoms with Gasteiger partial charge in [-0.2, -0.15) is 23.5 Å². The highest BCUT2D eigenvalue weighted by molar-refractivity contribution is 6.26. The quantitative estimate of drug-likeness (QED) is 0.186. The van der Waals surface area contributed by atoms with Crippen LogP contribution in [-0.4, -0.2) is 54.5 Å². The van der Waals surface area contributed by atoms with Crippen molar-refractivity contribution in [2.45, 2.75) is 24.5 Å². The van der Waals surface area contributed by atoms with Crippen molar-refractivity contribution in [3.8, 4) is 11.8 Å². The number of carbonyl (C=O) groups is 3. The van der Waals surface area contributed by atoms with Gasteiger partial charge in [-0.3, -0.25) is 19.3 Å². The summed E-state index contributed by atoms with van der Waals surface area (Å²) in [5, 5.41) is 16.4. The summed E-state index contributed by atoms with van der Waals surface area (Å²) in [5.41, 5.74) is -1.29. The third kappa shape index (κ3) is 5.53. The molecule has 1 aromatic heterocycles. The smallest absolute Gasteiger partial charge is 0.340 e. The number of nitriles is 1. The van der Waals surface area contributed by atoms with Crippen LogP contribution in [-0.2, 0) is 16.3 Å². The molecule has 226 valence electrons. The molecule has 3 aromatic carbocycles. The first-order valence-corrected chi connectivity index (χ1v) is 13.6. The van der Waals surface area contributed by atoms with Crippen molar-refractivity contribution in [1.82, 2.24) is 20.4 Å². The summed E-state index contributed by atoms with van der Waals surface area (Å²) >= 11 is 0. The second-order valence-corrected chi connectivity index (χ2v) is 10.1. The highest BCUT2D eigenvalue weighted by Crippen LogP contribution is 2.46. The number of para-hydroxylation sites is 1. The monoisotopic (exact) mass is 614 g/mol. The first kappa shape index (κ1) is 31.0. The van der Waals surface area contributed by atoms with Gasteiger partial charge in [0.15, 0.2) is 5.69 Å². The number of halogens is 4. The summed E-state index contributed by atoms with van der Waals surface area (Å²) < 4.78 is 55.7. The van der Waals surface area contributed by atoms with Gasteiger partial charge in [-0.05, 0) is 55.0 Å². The number of benzene rings is 3. The van der Waals surface area contributed by atoms with Crippen LogP contribution >= 0.6 is 0 Å². The minimum atomic E-state index is -4.74. The number of amides is 3. The first-order chi connectivity index (χ1) is 21.4. The number of carbonyl (C=O) groups excluding carboxylic acids is 3. The lowest BCUT2D eigenvalue weighted by molar-refractivity contribution is -0.137. The van der Waals surface area contributed by atoms with Crippen molar-refractivity contribution >= 4 is 31.4 Å². The highest BCUT2D eigenvalue weighted by atomic mass is 19.4. The zero-order chi connectivity index (χ0) is 32.5. The summed E-state index contributed by atoms with van der Waals surface area (Å²) in [5.74, 6) is -3.21. The molecule has 0 saturated carbocycles. The molecule has 5 rings (SSSR count). The number of aromatic nitrogens is 2. The van der Waals surface area contributed by atoms with E-state index in [1.807, 2.05) is 0 Å². The van der Waals surface area contributed by atoms with Gasteiger partial charge in [0.1, 0.15) is 24.2 Å². The van der Waals surface area contributed by atoms with Gasteiger partial charge in [0.2, 0.25) is 0 Å². The first-order valence-electron chi connectivity index (χ1n) is 13.6. The summed E-state index contributed by atoms with van der Waals surface area (Å²) in [6.45, 7) is 1.23. The third-order valence-electron chi connectivity index (χ3n) is 7.41. The molecule has 1 aliphatic heterocycles. The summed E-state index contributed by atoms with van der Waals surface area (Å²) in [6, 6.07) is 16.9. The van der Waals surface area contributed by atoms with Crippen molar-refractivity contribution in [3.63, 3.8) is 0 Å². The van der Waals surface area contributed by atoms with E-state index in [1.165, 1.54) is 21.7 Å². The average Bonchev–Trinajstić information content (AvgIpc) is 3.43. The fourth-order valence-corrected chi connectivity index (χ4v) is 5.32. The van der Waals surface area contributed by atoms with Gasteiger partial charge in [0, 0.05) is 23.0 Å². The van der Waals surface area contributed by atoms with E-state index in [1.54, 1.807) is 43.3 Å². The van der Waals surface area contributed by atoms with Crippen LogP contribution in [0, 0.1) is 17.1 Å². The lowest BCUT2D eigenvalue weighted by Crippen LogP contribution is -2.64. The number of rotatable bonds is 7. The van der Waals surface area contributed by atoms with E-state index in [-0.39, 0.29) is 29.2 Å². The molecule has 1 aliphatic rings. The Balaban J connectivity index is 1.77. The molecule has 4 aromatic rings. The molecule has 45 heavy (non-hydrogen) atoms. The van der Waals surface area contributed by atoms with Crippen LogP contribution < -0.4 is 15.5 Å². The second-order valence-electron chi connectivity index (χ2n) is 10.1. The molecule has 0 spiro atoms. The molecular weight excluding hydrogens is 591 g/mol. The highest BCUT2D eigenvalue weighted by Gasteiger charge is 2.54. The zero-order valence-corrected chi connectivity index (χ0v) is 23.6. The Labute approximate surface area is 255 Å². The maximum absolute atomic E-state index is 14.3. The normalized spacial score (nSPS) is 17.7. The Morgan fingerprint density at radius 3 is 2.36 bits per heavy atom. The summed E-state index contributed by atoms with van der Waals surface area (Å²) in [7, 11) is 7.11. The van der Waals surface area contributed by atoms with Crippen molar-refractivity contribution in [2.75, 3.05) is 18.0 Å². The molecule has 0 bridgehead atoms. The zero-order valence-electron chi connectivity index (χ0n) is 23.6. The van der Waals surface area contributed by atoms with E-state index in [0.29, 0.717) is 11.8 Å². The van der Waals surface area contributed by atoms with Gasteiger partial charge < -0.3 is 10.6 Å². The Kier molecular flexibility index (Phi) is 8.21. The van der Waals surface area contributed by atoms with Crippen molar-refractivity contribution in [1.29, 1.82) is 5.26 Å². The van der Waals surface area contributed by atoms with Gasteiger partial charge >= 0.3 is 6.18 Å². The maximum Gasteiger partial charge on any atom is 0.416 e. The van der Waals surface area contributed by atoms with E-state index in [4.69, 9.17) is 13.1 Å². The Morgan fingerprint density at radius 2 is 1.73 bits per heavy atom. The van der Waals surface area contributed by atoms with Gasteiger partial charge in [-0.1, -0.05) is 36.4 Å². The standard InChI is InChI=1S/C31H23BF4N6O3/c1-2-41-28-23(24(27(44)38-16-15-37)40-42(28)22-9-4-3-5-10-22)30(32,19-11-13-21(33)14-12-19)25(29(41)45)39-26(43)18-7-6-8-20(17-18)31(34,35)36/h3-14,17,25H,2,16H2,1H3,(H,38,44)(H,39,43)/t25-,30+/m1/s1. The van der Waals surface area contributed by atoms with E-state index >= 15 is 0 Å². The summed E-state index contributed by atoms with van der Waals surface area (Å²) in [6.07, 6.45) is -4.74. The van der Waals surface area contributed by atoms with Crippen LogP contribution in [0.4, 0.5) is 23.4 Å². The number of alkyl halides is 3. The van der Waals surface area contributed by atoms with E-state index < -0.39 is 58.7 Å². The predicted molar refractivity (Wildman–Crippen MR) is 155 cm³/mol. The van der Waals surface area contributed by atoms with Gasteiger partial charge in [0.05, 0.1) is 25.2 Å². The van der Waals surface area contributed by atoms with Crippen LogP contribution in [0.25, 0.3) is 5.69 Å². The van der Waals surface area contributed by atoms with Crippen LogP contribution in [0.15, 0.2) is 78.9 Å². The molecule has 9 nitrogen and oxygen atoms in total. The topological polar surface area (TPSA) is 120 Å². The molecular formula is C31H23BF4N6O3. The molecule has 2 atom stereocenters. The Morgan fingerprint density at radius 1 is 1.04 bits per heavy atom. The predicted octanol–water partition coefficient (Wildman–Crippen LogP) is 3.86. The second kappa shape index (κ2) is 11.9. The number of likely N-dealkylation sites (N-methyl/N-ethyl adjacent to an activating group) is 1. The Hall–Kier alpha value is -5.45. The largest absolute Gasteiger partial charge is 0.416 e. The minimum absolute atomic E-state index is 0.000950. The minimum Gasteiger partial charge on any atom is -0.340 e. The molecule has 0 aliphatic carbocycles. The number of fused-ring (bicyclic) bond motifs is 1. The Bertz CT molecular complexity index is 1820. The van der Waals surface area contributed by atoms with Crippen LogP contribution in [0.2, 0.25) is 0 Å². The number of anilines is 1. The average molecular weight is 614 g/mol. The van der Waals surface area contributed by atoms with Crippen molar-refractivity contribution in [3.05, 3.63) is 113 Å². The number of nitrogens with zero attached hydrogens (tertiary/aromatic N) is 4. The van der Waals surface area contributed by atoms with Crippen molar-refractivity contribution in [2.24, 2.45) is 0 Å². The van der Waals surface area contributed by atoms with E-state index in [0.717, 1.165) is 30.3 Å². The molecule has 0 unspecified atom stereocenters. The summed E-state index contributed by atoms with van der Waals surface area (Å²) in [4.78, 5) is 42.5. The van der Waals surface area contributed by atoms with Crippen LogP contribution in [0.1, 0.15) is 44.5 Å². The lowest BCUT2D eigenvalue weighted by Gasteiger charge is -2.46. The molecule has 3 amide bonds. The number of nitrogens with one attached hydrogen (secondary N) is 2. The molecule has 0 fully saturated rings. The maximum atomic E-state index is 14.3.